The van der Waals surface area contributed by atoms with Crippen LogP contribution >= 0.6 is 23.4 Å². The molecule has 9 heteroatoms. The molecule has 2 aromatic carbocycles. The van der Waals surface area contributed by atoms with Gasteiger partial charge in [0.15, 0.2) is 11.7 Å². The van der Waals surface area contributed by atoms with Gasteiger partial charge < -0.3 is 14.5 Å². The summed E-state index contributed by atoms with van der Waals surface area (Å²) < 4.78 is 23.6. The quantitative estimate of drug-likeness (QED) is 0.484. The van der Waals surface area contributed by atoms with Crippen molar-refractivity contribution in [2.45, 2.75) is 18.3 Å². The second-order valence-electron chi connectivity index (χ2n) is 5.48. The fourth-order valence-corrected chi connectivity index (χ4v) is 2.98. The number of rotatable bonds is 6. The molecule has 1 atom stereocenters. The highest BCUT2D eigenvalue weighted by Crippen LogP contribution is 2.24. The van der Waals surface area contributed by atoms with Gasteiger partial charge in [-0.25, -0.2) is 9.37 Å². The Bertz CT molecular complexity index is 961. The lowest BCUT2D eigenvalue weighted by atomic mass is 10.3. The highest BCUT2D eigenvalue weighted by atomic mass is 35.5. The second-order valence-corrected chi connectivity index (χ2v) is 6.82. The number of hydrogen-bond acceptors (Lipinski definition) is 6. The van der Waals surface area contributed by atoms with Crippen LogP contribution in [0.5, 0.6) is 0 Å². The highest BCUT2D eigenvalue weighted by molar-refractivity contribution is 7.99. The molecule has 3 rings (SSSR count). The number of ether oxygens (including phenoxy) is 1. The van der Waals surface area contributed by atoms with E-state index in [1.807, 2.05) is 12.1 Å². The number of para-hydroxylation sites is 2. The lowest BCUT2D eigenvalue weighted by Gasteiger charge is -2.14. The normalized spacial score (nSPS) is 12.0. The summed E-state index contributed by atoms with van der Waals surface area (Å²) in [6.45, 7) is 1.43. The molecular formula is C18H14ClFN2O4S. The van der Waals surface area contributed by atoms with Gasteiger partial charge in [0.05, 0.1) is 10.7 Å². The summed E-state index contributed by atoms with van der Waals surface area (Å²) in [6, 6.07) is 10.8. The number of aromatic nitrogens is 1. The minimum Gasteiger partial charge on any atom is -0.452 e. The number of nitrogens with zero attached hydrogens (tertiary/aromatic N) is 1. The van der Waals surface area contributed by atoms with Crippen molar-refractivity contribution in [2.75, 3.05) is 11.1 Å². The fraction of sp³-hybridized carbons (Fsp3) is 0.167. The van der Waals surface area contributed by atoms with Crippen LogP contribution in [0.15, 0.2) is 52.1 Å². The fourth-order valence-electron chi connectivity index (χ4n) is 2.14. The van der Waals surface area contributed by atoms with E-state index in [-0.39, 0.29) is 16.5 Å². The van der Waals surface area contributed by atoms with Gasteiger partial charge in [-0.1, -0.05) is 35.5 Å². The summed E-state index contributed by atoms with van der Waals surface area (Å²) in [6.07, 6.45) is -1.05. The van der Waals surface area contributed by atoms with Gasteiger partial charge in [0.25, 0.3) is 11.1 Å². The molecule has 0 aliphatic rings. The number of amides is 1. The molecule has 27 heavy (non-hydrogen) atoms. The monoisotopic (exact) mass is 408 g/mol. The number of carbonyl (C=O) groups excluding carboxylic acids is 2. The Hall–Kier alpha value is -2.58. The van der Waals surface area contributed by atoms with Gasteiger partial charge in [-0.05, 0) is 37.3 Å². The molecule has 1 N–H and O–H groups in total. The molecule has 1 aromatic heterocycles. The van der Waals surface area contributed by atoms with Crippen LogP contribution < -0.4 is 5.32 Å². The molecule has 0 fully saturated rings. The molecule has 0 spiro atoms. The van der Waals surface area contributed by atoms with Gasteiger partial charge in [0.1, 0.15) is 17.1 Å². The van der Waals surface area contributed by atoms with Crippen molar-refractivity contribution in [2.24, 2.45) is 0 Å². The van der Waals surface area contributed by atoms with Crippen LogP contribution in [0.1, 0.15) is 6.92 Å². The van der Waals surface area contributed by atoms with Crippen LogP contribution in [0.2, 0.25) is 5.02 Å². The zero-order valence-corrected chi connectivity index (χ0v) is 15.6. The summed E-state index contributed by atoms with van der Waals surface area (Å²) in [5, 5.41) is 2.87. The van der Waals surface area contributed by atoms with E-state index in [0.29, 0.717) is 16.3 Å². The van der Waals surface area contributed by atoms with E-state index < -0.39 is 23.8 Å². The molecule has 0 radical (unpaired) electrons. The molecule has 3 aromatic rings. The van der Waals surface area contributed by atoms with Gasteiger partial charge >= 0.3 is 5.97 Å². The maximum atomic E-state index is 13.0. The van der Waals surface area contributed by atoms with Crippen LogP contribution in [0.25, 0.3) is 11.1 Å². The van der Waals surface area contributed by atoms with Gasteiger partial charge in [0.2, 0.25) is 0 Å². The standard InChI is InChI=1S/C18H14ClFN2O4S/c1-10(17(24)21-13-7-6-11(20)8-12(13)19)25-16(23)9-27-18-22-14-4-2-3-5-15(14)26-18/h2-8,10H,9H2,1H3,(H,21,24)/t10-/m1/s1. The smallest absolute Gasteiger partial charge is 0.317 e. The topological polar surface area (TPSA) is 81.4 Å². The average molecular weight is 409 g/mol. The van der Waals surface area contributed by atoms with Gasteiger partial charge in [-0.15, -0.1) is 0 Å². The van der Waals surface area contributed by atoms with Crippen molar-refractivity contribution in [3.8, 4) is 0 Å². The van der Waals surface area contributed by atoms with E-state index in [1.165, 1.54) is 13.0 Å². The second kappa shape index (κ2) is 8.41. The molecule has 0 saturated heterocycles. The molecule has 1 amide bonds. The van der Waals surface area contributed by atoms with Crippen molar-refractivity contribution in [1.29, 1.82) is 0 Å². The molecule has 0 unspecified atom stereocenters. The minimum absolute atomic E-state index is 0.0494. The van der Waals surface area contributed by atoms with Crippen molar-refractivity contribution in [3.05, 3.63) is 53.3 Å². The Balaban J connectivity index is 1.51. The number of halogens is 2. The predicted octanol–water partition coefficient (Wildman–Crippen LogP) is 4.28. The number of carbonyl (C=O) groups is 2. The third kappa shape index (κ3) is 4.99. The van der Waals surface area contributed by atoms with Crippen LogP contribution in [-0.4, -0.2) is 28.7 Å². The number of hydrogen-bond donors (Lipinski definition) is 1. The third-order valence-electron chi connectivity index (χ3n) is 3.45. The SMILES string of the molecule is C[C@@H](OC(=O)CSc1nc2ccccc2o1)C(=O)Nc1ccc(F)cc1Cl. The molecule has 140 valence electrons. The van der Waals surface area contributed by atoms with Gasteiger partial charge in [-0.3, -0.25) is 9.59 Å². The Morgan fingerprint density at radius 2 is 2.11 bits per heavy atom. The molecule has 6 nitrogen and oxygen atoms in total. The number of fused-ring (bicyclic) bond motifs is 1. The maximum Gasteiger partial charge on any atom is 0.317 e. The highest BCUT2D eigenvalue weighted by Gasteiger charge is 2.20. The molecule has 1 heterocycles. The first-order valence-corrected chi connectivity index (χ1v) is 9.22. The largest absolute Gasteiger partial charge is 0.452 e. The number of oxazole rings is 1. The van der Waals surface area contributed by atoms with E-state index in [1.54, 1.807) is 12.1 Å². The first-order valence-electron chi connectivity index (χ1n) is 7.86. The lowest BCUT2D eigenvalue weighted by Crippen LogP contribution is -2.30. The molecule has 0 bridgehead atoms. The third-order valence-corrected chi connectivity index (χ3v) is 4.57. The Morgan fingerprint density at radius 3 is 2.85 bits per heavy atom. The number of benzene rings is 2. The number of nitrogens with one attached hydrogen (secondary N) is 1. The van der Waals surface area contributed by atoms with Crippen LogP contribution in [0.3, 0.4) is 0 Å². The number of anilines is 1. The van der Waals surface area contributed by atoms with Crippen LogP contribution in [0.4, 0.5) is 10.1 Å². The van der Waals surface area contributed by atoms with Crippen LogP contribution in [0, 0.1) is 5.82 Å². The van der Waals surface area contributed by atoms with E-state index in [2.05, 4.69) is 10.3 Å². The van der Waals surface area contributed by atoms with Gasteiger partial charge in [0, 0.05) is 0 Å². The summed E-state index contributed by atoms with van der Waals surface area (Å²) in [5.41, 5.74) is 1.54. The van der Waals surface area contributed by atoms with E-state index in [0.717, 1.165) is 23.9 Å². The van der Waals surface area contributed by atoms with E-state index in [4.69, 9.17) is 20.8 Å². The van der Waals surface area contributed by atoms with Crippen molar-refractivity contribution in [1.82, 2.24) is 4.98 Å². The average Bonchev–Trinajstić information content (AvgIpc) is 3.05. The summed E-state index contributed by atoms with van der Waals surface area (Å²) >= 11 is 6.92. The lowest BCUT2D eigenvalue weighted by molar-refractivity contribution is -0.150. The maximum absolute atomic E-state index is 13.0. The number of esters is 1. The van der Waals surface area contributed by atoms with Gasteiger partial charge in [-0.2, -0.15) is 0 Å². The minimum atomic E-state index is -1.05. The molecule has 0 saturated carbocycles. The summed E-state index contributed by atoms with van der Waals surface area (Å²) in [4.78, 5) is 28.3. The first-order chi connectivity index (χ1) is 12.9. The van der Waals surface area contributed by atoms with Crippen LogP contribution in [-0.2, 0) is 14.3 Å². The van der Waals surface area contributed by atoms with Crippen molar-refractivity contribution >= 4 is 52.0 Å². The van der Waals surface area contributed by atoms with E-state index in [9.17, 15) is 14.0 Å². The zero-order chi connectivity index (χ0) is 19.4. The molecule has 0 aliphatic carbocycles. The van der Waals surface area contributed by atoms with E-state index >= 15 is 0 Å². The van der Waals surface area contributed by atoms with Crippen molar-refractivity contribution in [3.63, 3.8) is 0 Å². The van der Waals surface area contributed by atoms with Crippen molar-refractivity contribution < 1.29 is 23.1 Å². The Kier molecular flexibility index (Phi) is 5.98. The first kappa shape index (κ1) is 19.2. The zero-order valence-electron chi connectivity index (χ0n) is 14.1. The number of thioether (sulfide) groups is 1. The summed E-state index contributed by atoms with van der Waals surface area (Å²) in [5.74, 6) is -1.77. The molecular weight excluding hydrogens is 395 g/mol. The predicted molar refractivity (Wildman–Crippen MR) is 100 cm³/mol. The molecule has 0 aliphatic heterocycles. The Morgan fingerprint density at radius 1 is 1.33 bits per heavy atom. The Labute approximate surface area is 163 Å². The summed E-state index contributed by atoms with van der Waals surface area (Å²) in [7, 11) is 0.